The zero-order valence-electron chi connectivity index (χ0n) is 17.4. The highest BCUT2D eigenvalue weighted by atomic mass is 79.9. The molecule has 1 aromatic carbocycles. The second-order valence-electron chi connectivity index (χ2n) is 7.30. The Morgan fingerprint density at radius 2 is 2.19 bits per heavy atom. The predicted molar refractivity (Wildman–Crippen MR) is 132 cm³/mol. The molecule has 1 amide bonds. The third kappa shape index (κ3) is 5.56. The Bertz CT molecular complexity index is 966. The maximum absolute atomic E-state index is 12.5. The van der Waals surface area contributed by atoms with Crippen molar-refractivity contribution in [1.29, 1.82) is 0 Å². The van der Waals surface area contributed by atoms with Gasteiger partial charge >= 0.3 is 0 Å². The topological polar surface area (TPSA) is 115 Å². The molecule has 11 heteroatoms. The molecule has 8 nitrogen and oxygen atoms in total. The molecule has 0 aromatic heterocycles. The zero-order chi connectivity index (χ0) is 23.3. The summed E-state index contributed by atoms with van der Waals surface area (Å²) in [6.07, 6.45) is 2.15. The van der Waals surface area contributed by atoms with Gasteiger partial charge in [-0.1, -0.05) is 11.2 Å². The maximum Gasteiger partial charge on any atom is 0.269 e. The number of aliphatic hydroxyl groups excluding tert-OH is 1. The van der Waals surface area contributed by atoms with Crippen LogP contribution in [0.4, 0.5) is 0 Å². The lowest BCUT2D eigenvalue weighted by Gasteiger charge is -2.33. The summed E-state index contributed by atoms with van der Waals surface area (Å²) in [5.41, 5.74) is 5.76. The van der Waals surface area contributed by atoms with Crippen molar-refractivity contribution in [2.24, 2.45) is 10.9 Å². The summed E-state index contributed by atoms with van der Waals surface area (Å²) in [7, 11) is 1.50. The van der Waals surface area contributed by atoms with E-state index in [4.69, 9.17) is 20.0 Å². The summed E-state index contributed by atoms with van der Waals surface area (Å²) in [6.45, 7) is 1.44. The lowest BCUT2D eigenvalue weighted by atomic mass is 9.87. The fourth-order valence-electron chi connectivity index (χ4n) is 3.36. The Morgan fingerprint density at radius 3 is 2.88 bits per heavy atom. The number of hydrogen-bond acceptors (Lipinski definition) is 7. The standard InChI is InChI=1S/C21H24Br3N3O5/c1-30-18-14(23)10-21(19(28)17(18)24)11-15(27-32-21)20(29)26-7-2-8-31-16-4-3-12(5-6-25)9-13(16)22/h3-4,9-10,19,28H,2,5-8,11,25H2,1H3,(H,26,29)/t19?,21-/m1/s1. The van der Waals surface area contributed by atoms with Gasteiger partial charge in [0.2, 0.25) is 0 Å². The van der Waals surface area contributed by atoms with Crippen molar-refractivity contribution in [3.8, 4) is 5.75 Å². The molecule has 0 saturated carbocycles. The molecule has 2 atom stereocenters. The van der Waals surface area contributed by atoms with Gasteiger partial charge in [-0.2, -0.15) is 0 Å². The normalized spacial score (nSPS) is 22.4. The number of carbonyl (C=O) groups is 1. The van der Waals surface area contributed by atoms with Crippen molar-refractivity contribution in [3.05, 3.63) is 49.0 Å². The van der Waals surface area contributed by atoms with E-state index in [-0.39, 0.29) is 18.0 Å². The molecule has 32 heavy (non-hydrogen) atoms. The van der Waals surface area contributed by atoms with Crippen molar-refractivity contribution in [2.45, 2.75) is 31.0 Å². The smallest absolute Gasteiger partial charge is 0.269 e. The molecule has 1 spiro atoms. The third-order valence-electron chi connectivity index (χ3n) is 5.04. The van der Waals surface area contributed by atoms with E-state index in [0.717, 1.165) is 22.2 Å². The fourth-order valence-corrected chi connectivity index (χ4v) is 5.69. The van der Waals surface area contributed by atoms with E-state index in [1.165, 1.54) is 7.11 Å². The summed E-state index contributed by atoms with van der Waals surface area (Å²) in [5, 5.41) is 17.4. The van der Waals surface area contributed by atoms with Crippen molar-refractivity contribution in [2.75, 3.05) is 26.8 Å². The first-order valence-electron chi connectivity index (χ1n) is 9.96. The maximum atomic E-state index is 12.5. The van der Waals surface area contributed by atoms with Gasteiger partial charge in [-0.25, -0.2) is 0 Å². The number of benzene rings is 1. The molecular weight excluding hydrogens is 614 g/mol. The minimum atomic E-state index is -1.17. The number of nitrogens with one attached hydrogen (secondary N) is 1. The largest absolute Gasteiger partial charge is 0.495 e. The molecule has 1 heterocycles. The monoisotopic (exact) mass is 635 g/mol. The van der Waals surface area contributed by atoms with E-state index in [0.29, 0.717) is 40.8 Å². The van der Waals surface area contributed by atoms with E-state index in [9.17, 15) is 9.90 Å². The van der Waals surface area contributed by atoms with Crippen LogP contribution in [0, 0.1) is 0 Å². The van der Waals surface area contributed by atoms with Crippen molar-refractivity contribution >= 4 is 59.4 Å². The van der Waals surface area contributed by atoms with Crippen molar-refractivity contribution in [3.63, 3.8) is 0 Å². The molecule has 4 N–H and O–H groups in total. The number of halogens is 3. The van der Waals surface area contributed by atoms with Gasteiger partial charge in [-0.3, -0.25) is 4.79 Å². The van der Waals surface area contributed by atoms with Crippen molar-refractivity contribution < 1.29 is 24.2 Å². The Morgan fingerprint density at radius 1 is 1.41 bits per heavy atom. The summed E-state index contributed by atoms with van der Waals surface area (Å²) in [6, 6.07) is 5.88. The van der Waals surface area contributed by atoms with Crippen LogP contribution in [-0.4, -0.2) is 55.2 Å². The molecule has 1 aliphatic heterocycles. The van der Waals surface area contributed by atoms with Crippen LogP contribution in [-0.2, 0) is 20.8 Å². The van der Waals surface area contributed by atoms with Crippen LogP contribution in [0.3, 0.4) is 0 Å². The molecule has 0 bridgehead atoms. The Balaban J connectivity index is 1.45. The van der Waals surface area contributed by atoms with E-state index < -0.39 is 11.7 Å². The van der Waals surface area contributed by atoms with Gasteiger partial charge in [0.1, 0.15) is 23.3 Å². The van der Waals surface area contributed by atoms with Gasteiger partial charge in [0.25, 0.3) is 5.91 Å². The molecule has 0 saturated heterocycles. The number of ether oxygens (including phenoxy) is 2. The van der Waals surface area contributed by atoms with Gasteiger partial charge in [0.05, 0.1) is 27.2 Å². The molecule has 3 rings (SSSR count). The molecule has 1 unspecified atom stereocenters. The zero-order valence-corrected chi connectivity index (χ0v) is 22.1. The lowest BCUT2D eigenvalue weighted by Crippen LogP contribution is -2.45. The summed E-state index contributed by atoms with van der Waals surface area (Å²) < 4.78 is 12.9. The number of hydrogen-bond donors (Lipinski definition) is 3. The summed E-state index contributed by atoms with van der Waals surface area (Å²) in [4.78, 5) is 18.0. The minimum Gasteiger partial charge on any atom is -0.495 e. The highest BCUT2D eigenvalue weighted by Gasteiger charge is 2.50. The van der Waals surface area contributed by atoms with Crippen LogP contribution in [0.15, 0.2) is 48.6 Å². The number of aliphatic hydroxyl groups is 1. The van der Waals surface area contributed by atoms with E-state index in [1.54, 1.807) is 6.08 Å². The fraction of sp³-hybridized carbons (Fsp3) is 0.429. The number of carbonyl (C=O) groups excluding carboxylic acids is 1. The molecule has 1 aromatic rings. The van der Waals surface area contributed by atoms with Crippen molar-refractivity contribution in [1.82, 2.24) is 5.32 Å². The van der Waals surface area contributed by atoms with Gasteiger partial charge in [0.15, 0.2) is 5.60 Å². The molecule has 0 fully saturated rings. The second-order valence-corrected chi connectivity index (χ2v) is 9.86. The quantitative estimate of drug-likeness (QED) is 0.358. The minimum absolute atomic E-state index is 0.125. The highest BCUT2D eigenvalue weighted by molar-refractivity contribution is 9.12. The molecule has 2 aliphatic rings. The van der Waals surface area contributed by atoms with Gasteiger partial charge in [0, 0.05) is 13.0 Å². The number of oxime groups is 1. The number of nitrogens with two attached hydrogens (primary N) is 1. The molecule has 0 radical (unpaired) electrons. The van der Waals surface area contributed by atoms with Crippen LogP contribution in [0.25, 0.3) is 0 Å². The van der Waals surface area contributed by atoms with Crippen LogP contribution in [0.1, 0.15) is 18.4 Å². The van der Waals surface area contributed by atoms with Crippen LogP contribution in [0.2, 0.25) is 0 Å². The average Bonchev–Trinajstić information content (AvgIpc) is 3.18. The highest BCUT2D eigenvalue weighted by Crippen LogP contribution is 2.43. The van der Waals surface area contributed by atoms with E-state index in [1.807, 2.05) is 18.2 Å². The lowest BCUT2D eigenvalue weighted by molar-refractivity contribution is -0.114. The van der Waals surface area contributed by atoms with E-state index in [2.05, 4.69) is 58.3 Å². The van der Waals surface area contributed by atoms with E-state index >= 15 is 0 Å². The molecular formula is C21H24Br3N3O5. The van der Waals surface area contributed by atoms with Crippen LogP contribution >= 0.6 is 47.8 Å². The molecule has 174 valence electrons. The van der Waals surface area contributed by atoms with Crippen LogP contribution in [0.5, 0.6) is 5.75 Å². The SMILES string of the molecule is COC1=C(Br)C(O)[C@@]2(C=C1Br)CC(C(=O)NCCCOc1ccc(CCN)cc1Br)=NO2. The number of rotatable bonds is 9. The first-order valence-corrected chi connectivity index (χ1v) is 12.3. The Hall–Kier alpha value is -1.40. The Kier molecular flexibility index (Phi) is 8.79. The number of allylic oxidation sites excluding steroid dienone is 1. The molecule has 1 aliphatic carbocycles. The number of methoxy groups -OCH3 is 1. The second kappa shape index (κ2) is 11.1. The predicted octanol–water partition coefficient (Wildman–Crippen LogP) is 3.26. The van der Waals surface area contributed by atoms with Gasteiger partial charge in [-0.05, 0) is 90.9 Å². The van der Waals surface area contributed by atoms with Gasteiger partial charge < -0.3 is 30.5 Å². The number of amides is 1. The first-order chi connectivity index (χ1) is 15.3. The summed E-state index contributed by atoms with van der Waals surface area (Å²) >= 11 is 10.2. The van der Waals surface area contributed by atoms with Crippen LogP contribution < -0.4 is 15.8 Å². The average molecular weight is 638 g/mol. The van der Waals surface area contributed by atoms with Gasteiger partial charge in [-0.15, -0.1) is 0 Å². The Labute approximate surface area is 211 Å². The number of nitrogens with zero attached hydrogens (tertiary/aromatic N) is 1. The third-order valence-corrected chi connectivity index (χ3v) is 7.04. The first kappa shape index (κ1) is 25.2. The summed E-state index contributed by atoms with van der Waals surface area (Å²) in [5.74, 6) is 0.860.